The van der Waals surface area contributed by atoms with Gasteiger partial charge in [-0.1, -0.05) is 11.6 Å². The van der Waals surface area contributed by atoms with Crippen LogP contribution < -0.4 is 4.90 Å². The van der Waals surface area contributed by atoms with Gasteiger partial charge in [-0.15, -0.1) is 0 Å². The lowest BCUT2D eigenvalue weighted by atomic mass is 10.1. The number of aromatic nitrogens is 1. The van der Waals surface area contributed by atoms with Crippen LogP contribution in [0.5, 0.6) is 0 Å². The number of carboxylic acids is 1. The molecule has 1 aliphatic heterocycles. The van der Waals surface area contributed by atoms with Crippen LogP contribution in [0.4, 0.5) is 11.5 Å². The first kappa shape index (κ1) is 13.2. The minimum atomic E-state index is -1.08. The maximum Gasteiger partial charge on any atom is 0.308 e. The fourth-order valence-electron chi connectivity index (χ4n) is 1.80. The standard InChI is InChI=1S/C10H8ClN3O5/c11-7-2-6(14(18)19)3-12-9(7)13-4-5(10(16)17)1-8(13)15/h2-3,5H,1,4H2,(H,16,17). The number of nitrogens with zero attached hydrogens (tertiary/aromatic N) is 3. The molecule has 100 valence electrons. The van der Waals surface area contributed by atoms with Crippen LogP contribution in [0.1, 0.15) is 6.42 Å². The molecule has 1 saturated heterocycles. The molecule has 1 aliphatic rings. The number of nitro groups is 1. The third kappa shape index (κ3) is 2.48. The molecule has 0 aliphatic carbocycles. The van der Waals surface area contributed by atoms with Crippen molar-refractivity contribution in [2.24, 2.45) is 5.92 Å². The molecule has 1 amide bonds. The number of halogens is 1. The van der Waals surface area contributed by atoms with Crippen LogP contribution >= 0.6 is 11.6 Å². The van der Waals surface area contributed by atoms with Crippen LogP contribution in [0.25, 0.3) is 0 Å². The number of anilines is 1. The first-order valence-corrected chi connectivity index (χ1v) is 5.61. The van der Waals surface area contributed by atoms with Gasteiger partial charge in [0.1, 0.15) is 6.20 Å². The lowest BCUT2D eigenvalue weighted by Gasteiger charge is -2.15. The molecule has 9 heteroatoms. The summed E-state index contributed by atoms with van der Waals surface area (Å²) >= 11 is 5.84. The zero-order chi connectivity index (χ0) is 14.2. The molecular weight excluding hydrogens is 278 g/mol. The molecule has 0 spiro atoms. The zero-order valence-corrected chi connectivity index (χ0v) is 10.2. The number of amides is 1. The number of aliphatic carboxylic acids is 1. The summed E-state index contributed by atoms with van der Waals surface area (Å²) < 4.78 is 0. The van der Waals surface area contributed by atoms with Crippen LogP contribution in [0.3, 0.4) is 0 Å². The Labute approximate surface area is 111 Å². The number of pyridine rings is 1. The minimum Gasteiger partial charge on any atom is -0.481 e. The van der Waals surface area contributed by atoms with Gasteiger partial charge in [-0.2, -0.15) is 0 Å². The molecule has 1 aromatic heterocycles. The quantitative estimate of drug-likeness (QED) is 0.656. The third-order valence-corrected chi connectivity index (χ3v) is 3.03. The SMILES string of the molecule is O=C(O)C1CC(=O)N(c2ncc([N+](=O)[O-])cc2Cl)C1. The van der Waals surface area contributed by atoms with E-state index in [1.54, 1.807) is 0 Å². The number of carbonyl (C=O) groups excluding carboxylic acids is 1. The van der Waals surface area contributed by atoms with Gasteiger partial charge in [-0.25, -0.2) is 4.98 Å². The van der Waals surface area contributed by atoms with Gasteiger partial charge >= 0.3 is 5.97 Å². The Morgan fingerprint density at radius 3 is 2.79 bits per heavy atom. The molecule has 2 rings (SSSR count). The highest BCUT2D eigenvalue weighted by molar-refractivity contribution is 6.33. The van der Waals surface area contributed by atoms with Crippen molar-refractivity contribution in [2.45, 2.75) is 6.42 Å². The van der Waals surface area contributed by atoms with Crippen molar-refractivity contribution in [2.75, 3.05) is 11.4 Å². The van der Waals surface area contributed by atoms with Gasteiger partial charge in [0.2, 0.25) is 5.91 Å². The smallest absolute Gasteiger partial charge is 0.308 e. The maximum absolute atomic E-state index is 11.7. The lowest BCUT2D eigenvalue weighted by Crippen LogP contribution is -2.27. The Hall–Kier alpha value is -2.22. The van der Waals surface area contributed by atoms with Gasteiger partial charge in [-0.3, -0.25) is 24.6 Å². The van der Waals surface area contributed by atoms with E-state index >= 15 is 0 Å². The van der Waals surface area contributed by atoms with Gasteiger partial charge < -0.3 is 5.11 Å². The summed E-state index contributed by atoms with van der Waals surface area (Å²) in [6.45, 7) is -0.0430. The molecule has 1 fully saturated rings. The second-order valence-corrected chi connectivity index (χ2v) is 4.41. The van der Waals surface area contributed by atoms with E-state index < -0.39 is 22.7 Å². The molecular formula is C10H8ClN3O5. The first-order valence-electron chi connectivity index (χ1n) is 5.23. The third-order valence-electron chi connectivity index (χ3n) is 2.75. The van der Waals surface area contributed by atoms with Gasteiger partial charge in [0.15, 0.2) is 5.82 Å². The Balaban J connectivity index is 2.30. The predicted octanol–water partition coefficient (Wildman–Crippen LogP) is 1.08. The molecule has 2 heterocycles. The fourth-order valence-corrected chi connectivity index (χ4v) is 2.06. The average Bonchev–Trinajstić information content (AvgIpc) is 2.71. The summed E-state index contributed by atoms with van der Waals surface area (Å²) in [7, 11) is 0. The summed E-state index contributed by atoms with van der Waals surface area (Å²) in [4.78, 5) is 37.3. The van der Waals surface area contributed by atoms with Crippen molar-refractivity contribution in [3.8, 4) is 0 Å². The highest BCUT2D eigenvalue weighted by Crippen LogP contribution is 2.31. The van der Waals surface area contributed by atoms with E-state index in [1.165, 1.54) is 0 Å². The Morgan fingerprint density at radius 2 is 2.32 bits per heavy atom. The van der Waals surface area contributed by atoms with Crippen molar-refractivity contribution in [3.63, 3.8) is 0 Å². The van der Waals surface area contributed by atoms with E-state index in [2.05, 4.69) is 4.98 Å². The second-order valence-electron chi connectivity index (χ2n) is 4.00. The number of carbonyl (C=O) groups is 2. The Morgan fingerprint density at radius 1 is 1.63 bits per heavy atom. The molecule has 1 unspecified atom stereocenters. The summed E-state index contributed by atoms with van der Waals surface area (Å²) in [5.74, 6) is -2.27. The number of rotatable bonds is 3. The Kier molecular flexibility index (Phi) is 3.34. The van der Waals surface area contributed by atoms with Crippen molar-refractivity contribution < 1.29 is 19.6 Å². The van der Waals surface area contributed by atoms with Crippen LogP contribution in [0, 0.1) is 16.0 Å². The van der Waals surface area contributed by atoms with E-state index in [1.807, 2.05) is 0 Å². The molecule has 1 aromatic rings. The maximum atomic E-state index is 11.7. The zero-order valence-electron chi connectivity index (χ0n) is 9.45. The van der Waals surface area contributed by atoms with Crippen LogP contribution in [0.2, 0.25) is 5.02 Å². The van der Waals surface area contributed by atoms with E-state index in [4.69, 9.17) is 16.7 Å². The monoisotopic (exact) mass is 285 g/mol. The minimum absolute atomic E-state index is 0.0426. The fraction of sp³-hybridized carbons (Fsp3) is 0.300. The number of hydrogen-bond acceptors (Lipinski definition) is 5. The molecule has 0 radical (unpaired) electrons. The molecule has 0 bridgehead atoms. The molecule has 8 nitrogen and oxygen atoms in total. The lowest BCUT2D eigenvalue weighted by molar-refractivity contribution is -0.385. The number of carboxylic acid groups (broad SMARTS) is 1. The number of hydrogen-bond donors (Lipinski definition) is 1. The summed E-state index contributed by atoms with van der Waals surface area (Å²) in [5.41, 5.74) is -0.296. The highest BCUT2D eigenvalue weighted by Gasteiger charge is 2.36. The predicted molar refractivity (Wildman–Crippen MR) is 64.0 cm³/mol. The summed E-state index contributed by atoms with van der Waals surface area (Å²) in [6.07, 6.45) is 0.840. The topological polar surface area (TPSA) is 114 Å². The normalized spacial score (nSPS) is 18.7. The van der Waals surface area contributed by atoms with Crippen molar-refractivity contribution >= 4 is 35.0 Å². The van der Waals surface area contributed by atoms with E-state index in [-0.39, 0.29) is 29.5 Å². The molecule has 1 N–H and O–H groups in total. The molecule has 19 heavy (non-hydrogen) atoms. The van der Waals surface area contributed by atoms with Gasteiger partial charge in [0, 0.05) is 19.0 Å². The van der Waals surface area contributed by atoms with E-state index in [0.717, 1.165) is 17.2 Å². The van der Waals surface area contributed by atoms with E-state index in [0.29, 0.717) is 0 Å². The molecule has 0 saturated carbocycles. The first-order chi connectivity index (χ1) is 8.90. The van der Waals surface area contributed by atoms with Crippen molar-refractivity contribution in [3.05, 3.63) is 27.4 Å². The molecule has 0 aromatic carbocycles. The average molecular weight is 286 g/mol. The van der Waals surface area contributed by atoms with Gasteiger partial charge in [0.25, 0.3) is 5.69 Å². The van der Waals surface area contributed by atoms with Crippen LogP contribution in [-0.4, -0.2) is 33.4 Å². The van der Waals surface area contributed by atoms with Crippen molar-refractivity contribution in [1.82, 2.24) is 4.98 Å². The van der Waals surface area contributed by atoms with Gasteiger partial charge in [0.05, 0.1) is 15.9 Å². The van der Waals surface area contributed by atoms with Crippen LogP contribution in [-0.2, 0) is 9.59 Å². The van der Waals surface area contributed by atoms with Crippen molar-refractivity contribution in [1.29, 1.82) is 0 Å². The largest absolute Gasteiger partial charge is 0.481 e. The molecule has 1 atom stereocenters. The second kappa shape index (κ2) is 4.81. The summed E-state index contributed by atoms with van der Waals surface area (Å²) in [6, 6.07) is 1.07. The highest BCUT2D eigenvalue weighted by atomic mass is 35.5. The Bertz CT molecular complexity index is 576. The van der Waals surface area contributed by atoms with Gasteiger partial charge in [-0.05, 0) is 0 Å². The van der Waals surface area contributed by atoms with Crippen LogP contribution in [0.15, 0.2) is 12.3 Å². The summed E-state index contributed by atoms with van der Waals surface area (Å²) in [5, 5.41) is 19.3. The van der Waals surface area contributed by atoms with E-state index in [9.17, 15) is 19.7 Å².